The highest BCUT2D eigenvalue weighted by Gasteiger charge is 2.29. The summed E-state index contributed by atoms with van der Waals surface area (Å²) in [7, 11) is 0. The summed E-state index contributed by atoms with van der Waals surface area (Å²) in [5, 5.41) is 0. The zero-order valence-electron chi connectivity index (χ0n) is 10.5. The highest BCUT2D eigenvalue weighted by Crippen LogP contribution is 2.30. The number of hydrogen-bond donors (Lipinski definition) is 0. The van der Waals surface area contributed by atoms with Crippen LogP contribution in [0.15, 0.2) is 40.9 Å². The van der Waals surface area contributed by atoms with Gasteiger partial charge in [0.15, 0.2) is 5.78 Å². The molecule has 0 aliphatic heterocycles. The largest absolute Gasteiger partial charge is 0.294 e. The first-order valence-corrected chi connectivity index (χ1v) is 7.11. The van der Waals surface area contributed by atoms with Crippen LogP contribution >= 0.6 is 15.9 Å². The Bertz CT molecular complexity index is 672. The predicted octanol–water partition coefficient (Wildman–Crippen LogP) is 4.33. The van der Waals surface area contributed by atoms with E-state index in [-0.39, 0.29) is 21.7 Å². The lowest BCUT2D eigenvalue weighted by Gasteiger charge is -2.09. The van der Waals surface area contributed by atoms with E-state index >= 15 is 0 Å². The minimum atomic E-state index is -0.681. The number of hydrogen-bond acceptors (Lipinski definition) is 1. The van der Waals surface area contributed by atoms with Gasteiger partial charge in [0.05, 0.1) is 10.0 Å². The second-order valence-corrected chi connectivity index (χ2v) is 5.84. The molecule has 0 spiro atoms. The van der Waals surface area contributed by atoms with Crippen molar-refractivity contribution in [3.8, 4) is 0 Å². The molecule has 4 heteroatoms. The van der Waals surface area contributed by atoms with Gasteiger partial charge in [-0.3, -0.25) is 4.79 Å². The topological polar surface area (TPSA) is 17.1 Å². The highest BCUT2D eigenvalue weighted by molar-refractivity contribution is 9.10. The minimum absolute atomic E-state index is 0.0289. The Morgan fingerprint density at radius 1 is 1.05 bits per heavy atom. The quantitative estimate of drug-likeness (QED) is 0.589. The molecule has 0 unspecified atom stereocenters. The fourth-order valence-electron chi connectivity index (χ4n) is 2.68. The van der Waals surface area contributed by atoms with Gasteiger partial charge in [-0.25, -0.2) is 8.78 Å². The molecule has 0 bridgehead atoms. The Morgan fingerprint density at radius 3 is 2.25 bits per heavy atom. The van der Waals surface area contributed by atoms with Gasteiger partial charge in [-0.15, -0.1) is 0 Å². The van der Waals surface area contributed by atoms with E-state index in [1.165, 1.54) is 0 Å². The zero-order chi connectivity index (χ0) is 14.3. The van der Waals surface area contributed by atoms with Crippen LogP contribution in [0.2, 0.25) is 0 Å². The minimum Gasteiger partial charge on any atom is -0.294 e. The van der Waals surface area contributed by atoms with Crippen LogP contribution in [-0.4, -0.2) is 5.78 Å². The number of carbonyl (C=O) groups excluding carboxylic acids is 1. The maximum Gasteiger partial charge on any atom is 0.169 e. The van der Waals surface area contributed by atoms with Crippen molar-refractivity contribution in [3.05, 3.63) is 69.2 Å². The summed E-state index contributed by atoms with van der Waals surface area (Å²) in [6.07, 6.45) is 1.18. The van der Waals surface area contributed by atoms with E-state index in [2.05, 4.69) is 15.9 Å². The molecule has 0 aromatic heterocycles. The van der Waals surface area contributed by atoms with Crippen LogP contribution in [0, 0.1) is 17.6 Å². The Labute approximate surface area is 123 Å². The smallest absolute Gasteiger partial charge is 0.169 e. The molecule has 1 nitrogen and oxygen atoms in total. The van der Waals surface area contributed by atoms with Crippen molar-refractivity contribution in [2.45, 2.75) is 12.8 Å². The SMILES string of the molecule is O=C(c1cc(F)c(Br)cc1F)C1Cc2ccccc2C1. The lowest BCUT2D eigenvalue weighted by Crippen LogP contribution is -2.17. The molecule has 0 radical (unpaired) electrons. The van der Waals surface area contributed by atoms with Crippen LogP contribution in [0.25, 0.3) is 0 Å². The molecule has 3 rings (SSSR count). The van der Waals surface area contributed by atoms with Crippen LogP contribution in [0.5, 0.6) is 0 Å². The van der Waals surface area contributed by atoms with E-state index < -0.39 is 11.6 Å². The van der Waals surface area contributed by atoms with Crippen LogP contribution in [0.1, 0.15) is 21.5 Å². The first-order valence-electron chi connectivity index (χ1n) is 6.32. The van der Waals surface area contributed by atoms with Crippen molar-refractivity contribution in [1.82, 2.24) is 0 Å². The molecule has 0 fully saturated rings. The molecule has 102 valence electrons. The number of carbonyl (C=O) groups is 1. The van der Waals surface area contributed by atoms with Gasteiger partial charge in [-0.2, -0.15) is 0 Å². The van der Waals surface area contributed by atoms with Gasteiger partial charge < -0.3 is 0 Å². The number of halogens is 3. The number of Topliss-reactive ketones (excluding diaryl/α,β-unsaturated/α-hetero) is 1. The summed E-state index contributed by atoms with van der Waals surface area (Å²) in [4.78, 5) is 12.4. The van der Waals surface area contributed by atoms with Gasteiger partial charge in [0.2, 0.25) is 0 Å². The summed E-state index contributed by atoms with van der Waals surface area (Å²) in [5.41, 5.74) is 2.07. The summed E-state index contributed by atoms with van der Waals surface area (Å²) in [6, 6.07) is 9.77. The van der Waals surface area contributed by atoms with Crippen molar-refractivity contribution in [2.75, 3.05) is 0 Å². The van der Waals surface area contributed by atoms with Crippen molar-refractivity contribution < 1.29 is 13.6 Å². The second-order valence-electron chi connectivity index (χ2n) is 4.98. The summed E-state index contributed by atoms with van der Waals surface area (Å²) in [5.74, 6) is -1.93. The number of ketones is 1. The monoisotopic (exact) mass is 336 g/mol. The van der Waals surface area contributed by atoms with Gasteiger partial charge in [0, 0.05) is 5.92 Å². The fraction of sp³-hybridized carbons (Fsp3) is 0.188. The van der Waals surface area contributed by atoms with Crippen LogP contribution in [0.3, 0.4) is 0 Å². The Balaban J connectivity index is 1.90. The average molecular weight is 337 g/mol. The second kappa shape index (κ2) is 5.09. The van der Waals surface area contributed by atoms with E-state index in [9.17, 15) is 13.6 Å². The standard InChI is InChI=1S/C16H11BrF2O/c17-13-8-14(18)12(7-15(13)19)16(20)11-5-9-3-1-2-4-10(9)6-11/h1-4,7-8,11H,5-6H2. The molecule has 0 saturated heterocycles. The van der Waals surface area contributed by atoms with Gasteiger partial charge in [-0.05, 0) is 52.0 Å². The summed E-state index contributed by atoms with van der Waals surface area (Å²) < 4.78 is 27.4. The molecular weight excluding hydrogens is 326 g/mol. The molecule has 2 aromatic carbocycles. The third-order valence-corrected chi connectivity index (χ3v) is 4.30. The molecule has 0 saturated carbocycles. The third-order valence-electron chi connectivity index (χ3n) is 3.70. The Kier molecular flexibility index (Phi) is 3.42. The molecule has 1 aliphatic carbocycles. The number of rotatable bonds is 2. The lowest BCUT2D eigenvalue weighted by atomic mass is 9.94. The first kappa shape index (κ1) is 13.4. The maximum absolute atomic E-state index is 13.8. The van der Waals surface area contributed by atoms with E-state index in [0.29, 0.717) is 12.8 Å². The number of fused-ring (bicyclic) bond motifs is 1. The van der Waals surface area contributed by atoms with Crippen LogP contribution in [0.4, 0.5) is 8.78 Å². The average Bonchev–Trinajstić information content (AvgIpc) is 2.86. The van der Waals surface area contributed by atoms with Gasteiger partial charge in [0.25, 0.3) is 0 Å². The summed E-state index contributed by atoms with van der Waals surface area (Å²) >= 11 is 2.91. The predicted molar refractivity (Wildman–Crippen MR) is 75.7 cm³/mol. The van der Waals surface area contributed by atoms with Gasteiger partial charge in [-0.1, -0.05) is 24.3 Å². The van der Waals surface area contributed by atoms with E-state index in [0.717, 1.165) is 23.3 Å². The lowest BCUT2D eigenvalue weighted by molar-refractivity contribution is 0.0920. The van der Waals surface area contributed by atoms with Crippen molar-refractivity contribution in [2.24, 2.45) is 5.92 Å². The van der Waals surface area contributed by atoms with Crippen LogP contribution in [-0.2, 0) is 12.8 Å². The van der Waals surface area contributed by atoms with Crippen molar-refractivity contribution in [1.29, 1.82) is 0 Å². The van der Waals surface area contributed by atoms with E-state index in [1.54, 1.807) is 0 Å². The fourth-order valence-corrected chi connectivity index (χ4v) is 2.99. The third kappa shape index (κ3) is 2.29. The molecule has 0 N–H and O–H groups in total. The van der Waals surface area contributed by atoms with Crippen LogP contribution < -0.4 is 0 Å². The van der Waals surface area contributed by atoms with Gasteiger partial charge in [0.1, 0.15) is 11.6 Å². The van der Waals surface area contributed by atoms with Gasteiger partial charge >= 0.3 is 0 Å². The Hall–Kier alpha value is -1.55. The van der Waals surface area contributed by atoms with E-state index in [4.69, 9.17) is 0 Å². The van der Waals surface area contributed by atoms with E-state index in [1.807, 2.05) is 24.3 Å². The Morgan fingerprint density at radius 2 is 1.65 bits per heavy atom. The maximum atomic E-state index is 13.8. The first-order chi connectivity index (χ1) is 9.56. The molecule has 2 aromatic rings. The molecule has 0 heterocycles. The summed E-state index contributed by atoms with van der Waals surface area (Å²) in [6.45, 7) is 0. The molecule has 20 heavy (non-hydrogen) atoms. The number of benzene rings is 2. The normalized spacial score (nSPS) is 14.3. The zero-order valence-corrected chi connectivity index (χ0v) is 12.1. The highest BCUT2D eigenvalue weighted by atomic mass is 79.9. The molecular formula is C16H11BrF2O. The molecule has 1 aliphatic rings. The van der Waals surface area contributed by atoms with Crippen molar-refractivity contribution >= 4 is 21.7 Å². The van der Waals surface area contributed by atoms with Crippen molar-refractivity contribution in [3.63, 3.8) is 0 Å². The molecule has 0 amide bonds. The molecule has 0 atom stereocenters.